The maximum Gasteiger partial charge on any atom is 0.307 e. The van der Waals surface area contributed by atoms with Crippen molar-refractivity contribution < 1.29 is 43.0 Å². The summed E-state index contributed by atoms with van der Waals surface area (Å²) < 4.78 is 11.2. The number of terminal acetylenes is 1. The normalized spacial score (nSPS) is 15.7. The van der Waals surface area contributed by atoms with Gasteiger partial charge in [-0.1, -0.05) is 117 Å². The van der Waals surface area contributed by atoms with E-state index >= 15 is 0 Å². The molecule has 5 atom stereocenters. The van der Waals surface area contributed by atoms with Gasteiger partial charge < -0.3 is 36.1 Å². The zero-order chi connectivity index (χ0) is 46.4. The highest BCUT2D eigenvalue weighted by Gasteiger charge is 2.42. The Morgan fingerprint density at radius 1 is 0.746 bits per heavy atom. The van der Waals surface area contributed by atoms with Crippen LogP contribution in [0.3, 0.4) is 0 Å². The molecule has 1 saturated heterocycles. The molecule has 1 heterocycles. The van der Waals surface area contributed by atoms with Crippen LogP contribution in [0.25, 0.3) is 0 Å². The summed E-state index contributed by atoms with van der Waals surface area (Å²) >= 11 is 1.94. The third kappa shape index (κ3) is 19.2. The van der Waals surface area contributed by atoms with E-state index in [-0.39, 0.29) is 73.8 Å². The van der Waals surface area contributed by atoms with Crippen LogP contribution in [0.5, 0.6) is 0 Å². The summed E-state index contributed by atoms with van der Waals surface area (Å²) in [5.74, 6) is -1.71. The van der Waals surface area contributed by atoms with Gasteiger partial charge in [-0.15, -0.1) is 6.42 Å². The number of morpholine rings is 1. The molecular formula is C47H65IN6O9. The van der Waals surface area contributed by atoms with Crippen LogP contribution in [0.15, 0.2) is 60.7 Å². The molecular weight excluding hydrogens is 919 g/mol. The topological polar surface area (TPSA) is 201 Å². The van der Waals surface area contributed by atoms with Crippen LogP contribution in [-0.4, -0.2) is 120 Å². The Balaban J connectivity index is 1.85. The number of carbonyl (C=O) groups is 7. The van der Waals surface area contributed by atoms with Gasteiger partial charge >= 0.3 is 5.97 Å². The van der Waals surface area contributed by atoms with Crippen molar-refractivity contribution in [2.45, 2.75) is 109 Å². The van der Waals surface area contributed by atoms with Gasteiger partial charge in [0.15, 0.2) is 11.4 Å². The first kappa shape index (κ1) is 52.5. The monoisotopic (exact) mass is 984 g/mol. The van der Waals surface area contributed by atoms with Crippen molar-refractivity contribution in [2.24, 2.45) is 11.8 Å². The molecule has 15 nitrogen and oxygen atoms in total. The molecule has 0 saturated carbocycles. The summed E-state index contributed by atoms with van der Waals surface area (Å²) in [5, 5.41) is 14.0. The minimum Gasteiger partial charge on any atom is -0.450 e. The third-order valence-electron chi connectivity index (χ3n) is 10.3. The molecule has 3 rings (SSSR count). The first-order chi connectivity index (χ1) is 30.0. The smallest absolute Gasteiger partial charge is 0.307 e. The van der Waals surface area contributed by atoms with Gasteiger partial charge in [-0.3, -0.25) is 38.5 Å². The van der Waals surface area contributed by atoms with Gasteiger partial charge in [0.2, 0.25) is 29.5 Å². The number of hydrogen-bond acceptors (Lipinski definition) is 10. The Hall–Kier alpha value is -4.86. The van der Waals surface area contributed by atoms with Gasteiger partial charge in [0.25, 0.3) is 0 Å². The van der Waals surface area contributed by atoms with E-state index in [1.807, 2.05) is 104 Å². The summed E-state index contributed by atoms with van der Waals surface area (Å²) in [6.45, 7) is 11.4. The van der Waals surface area contributed by atoms with Crippen molar-refractivity contribution in [3.8, 4) is 12.3 Å². The van der Waals surface area contributed by atoms with Gasteiger partial charge in [0, 0.05) is 30.4 Å². The van der Waals surface area contributed by atoms with E-state index < -0.39 is 65.1 Å². The molecule has 0 spiro atoms. The van der Waals surface area contributed by atoms with Crippen LogP contribution in [0.1, 0.15) is 77.8 Å². The van der Waals surface area contributed by atoms with Crippen LogP contribution in [0.4, 0.5) is 0 Å². The van der Waals surface area contributed by atoms with Crippen molar-refractivity contribution in [1.29, 1.82) is 0 Å². The van der Waals surface area contributed by atoms with E-state index in [0.29, 0.717) is 32.7 Å². The molecule has 0 radical (unpaired) electrons. The number of halogens is 1. The number of rotatable bonds is 26. The molecule has 1 aliphatic rings. The molecule has 1 aliphatic heterocycles. The summed E-state index contributed by atoms with van der Waals surface area (Å²) in [5.41, 5.74) is 0.0610. The second-order valence-electron chi connectivity index (χ2n) is 16.8. The molecule has 2 aromatic carbocycles. The van der Waals surface area contributed by atoms with Crippen molar-refractivity contribution in [3.05, 3.63) is 71.8 Å². The lowest BCUT2D eigenvalue weighted by Crippen LogP contribution is -2.60. The Kier molecular flexibility index (Phi) is 22.8. The number of nitrogens with one attached hydrogen (secondary N) is 5. The molecule has 0 aliphatic carbocycles. The number of nitrogens with zero attached hydrogens (tertiary/aromatic N) is 1. The van der Waals surface area contributed by atoms with Crippen LogP contribution >= 0.6 is 22.6 Å². The first-order valence-corrected chi connectivity index (χ1v) is 23.2. The number of Topliss-reactive ketones (excluding diaryl/α,β-unsaturated/α-hetero) is 1. The highest BCUT2D eigenvalue weighted by atomic mass is 127. The lowest BCUT2D eigenvalue weighted by atomic mass is 9.90. The average molecular weight is 985 g/mol. The first-order valence-electron chi connectivity index (χ1n) is 21.6. The number of esters is 1. The molecule has 0 aromatic heterocycles. The maximum atomic E-state index is 14.4. The lowest BCUT2D eigenvalue weighted by molar-refractivity contribution is -0.164. The second kappa shape index (κ2) is 27.4. The predicted octanol–water partition coefficient (Wildman–Crippen LogP) is 3.06. The van der Waals surface area contributed by atoms with E-state index in [9.17, 15) is 33.6 Å². The van der Waals surface area contributed by atoms with Gasteiger partial charge in [-0.25, -0.2) is 0 Å². The zero-order valence-corrected chi connectivity index (χ0v) is 39.4. The fourth-order valence-corrected chi connectivity index (χ4v) is 7.51. The minimum absolute atomic E-state index is 0.0124. The third-order valence-corrected chi connectivity index (χ3v) is 11.8. The molecule has 0 unspecified atom stereocenters. The van der Waals surface area contributed by atoms with E-state index in [0.717, 1.165) is 11.1 Å². The number of ketones is 1. The Labute approximate surface area is 385 Å². The van der Waals surface area contributed by atoms with E-state index in [1.54, 1.807) is 12.1 Å². The van der Waals surface area contributed by atoms with E-state index in [4.69, 9.17) is 15.9 Å². The average Bonchev–Trinajstić information content (AvgIpc) is 3.25. The van der Waals surface area contributed by atoms with Crippen LogP contribution in [0.2, 0.25) is 0 Å². The molecule has 63 heavy (non-hydrogen) atoms. The number of ether oxygens (including phenoxy) is 2. The summed E-state index contributed by atoms with van der Waals surface area (Å²) in [6.07, 6.45) is 5.96. The number of benzene rings is 2. The van der Waals surface area contributed by atoms with Gasteiger partial charge in [0.05, 0.1) is 38.8 Å². The Morgan fingerprint density at radius 2 is 1.29 bits per heavy atom. The Morgan fingerprint density at radius 3 is 1.87 bits per heavy atom. The largest absolute Gasteiger partial charge is 0.450 e. The number of alkyl halides is 1. The van der Waals surface area contributed by atoms with E-state index in [2.05, 4.69) is 32.5 Å². The minimum atomic E-state index is -1.65. The molecule has 5 amide bonds. The molecule has 16 heteroatoms. The van der Waals surface area contributed by atoms with Crippen molar-refractivity contribution >= 4 is 63.9 Å². The summed E-state index contributed by atoms with van der Waals surface area (Å²) in [4.78, 5) is 97.3. The standard InChI is InChI=1S/C47H65IN6O9/c1-7-22-49-40(55)20-21-42(57)63-47(6,31-48)43(58)37(27-32(2)3)51-46(61)39(29-35-16-12-9-13-17-35)53-45(60)38(28-33(4)5)52-44(59)36(19-18-34-14-10-8-11-15-34)50-41(56)30-54-23-25-62-26-24-54/h1,8-17,32-33,36-39H,18-31H2,2-6H3,(H,49,55)(H,50,56)(H,51,61)(H,52,59)(H,53,60)/t36-,37-,38-,39-,47+/m0/s1. The fourth-order valence-electron chi connectivity index (χ4n) is 6.98. The van der Waals surface area contributed by atoms with Gasteiger partial charge in [-0.2, -0.15) is 0 Å². The molecule has 344 valence electrons. The fraction of sp³-hybridized carbons (Fsp3) is 0.553. The maximum absolute atomic E-state index is 14.4. The number of hydrogen-bond donors (Lipinski definition) is 5. The molecule has 2 aromatic rings. The Bertz CT molecular complexity index is 1850. The van der Waals surface area contributed by atoms with Gasteiger partial charge in [-0.05, 0) is 55.6 Å². The SMILES string of the molecule is C#CCNC(=O)CCC(=O)O[C@](C)(CI)C(=O)[C@H](CC(C)C)NC(=O)[C@H](Cc1ccccc1)NC(=O)[C@H](CC(C)C)NC(=O)[C@H](CCc1ccccc1)NC(=O)CN1CCOCC1. The van der Waals surface area contributed by atoms with Crippen molar-refractivity contribution in [1.82, 2.24) is 31.5 Å². The van der Waals surface area contributed by atoms with Crippen molar-refractivity contribution in [3.63, 3.8) is 0 Å². The number of aryl methyl sites for hydroxylation is 1. The van der Waals surface area contributed by atoms with Gasteiger partial charge in [0.1, 0.15) is 18.1 Å². The van der Waals surface area contributed by atoms with Crippen LogP contribution < -0.4 is 26.6 Å². The number of carbonyl (C=O) groups excluding carboxylic acids is 7. The zero-order valence-electron chi connectivity index (χ0n) is 37.2. The van der Waals surface area contributed by atoms with Crippen molar-refractivity contribution in [2.75, 3.05) is 43.8 Å². The summed E-state index contributed by atoms with van der Waals surface area (Å²) in [6, 6.07) is 14.3. The molecule has 1 fully saturated rings. The predicted molar refractivity (Wildman–Crippen MR) is 248 cm³/mol. The quantitative estimate of drug-likeness (QED) is 0.0404. The summed E-state index contributed by atoms with van der Waals surface area (Å²) in [7, 11) is 0. The molecule has 0 bridgehead atoms. The van der Waals surface area contributed by atoms with Crippen LogP contribution in [0, 0.1) is 24.2 Å². The highest BCUT2D eigenvalue weighted by Crippen LogP contribution is 2.22. The molecule has 5 N–H and O–H groups in total. The van der Waals surface area contributed by atoms with E-state index in [1.165, 1.54) is 6.92 Å². The highest BCUT2D eigenvalue weighted by molar-refractivity contribution is 14.1. The van der Waals surface area contributed by atoms with Crippen LogP contribution in [-0.2, 0) is 55.9 Å². The lowest BCUT2D eigenvalue weighted by Gasteiger charge is -2.32. The second-order valence-corrected chi connectivity index (χ2v) is 17.6. The number of amides is 5.